The van der Waals surface area contributed by atoms with E-state index in [9.17, 15) is 14.0 Å². The van der Waals surface area contributed by atoms with Gasteiger partial charge < -0.3 is 19.7 Å². The zero-order valence-electron chi connectivity index (χ0n) is 15.2. The Morgan fingerprint density at radius 1 is 1.07 bits per heavy atom. The van der Waals surface area contributed by atoms with Crippen LogP contribution in [0.15, 0.2) is 36.4 Å². The number of rotatable bonds is 3. The smallest absolute Gasteiger partial charge is 0.325 e. The predicted molar refractivity (Wildman–Crippen MR) is 102 cm³/mol. The fourth-order valence-electron chi connectivity index (χ4n) is 3.43. The average molecular weight is 385 g/mol. The van der Waals surface area contributed by atoms with Crippen LogP contribution in [0.2, 0.25) is 0 Å². The largest absolute Gasteiger partial charge is 0.486 e. The predicted octanol–water partition coefficient (Wildman–Crippen LogP) is 2.70. The zero-order chi connectivity index (χ0) is 19.5. The number of carbonyl (C=O) groups excluding carboxylic acids is 2. The first-order valence-corrected chi connectivity index (χ1v) is 9.12. The van der Waals surface area contributed by atoms with E-state index >= 15 is 0 Å². The van der Waals surface area contributed by atoms with Gasteiger partial charge in [-0.25, -0.2) is 9.18 Å². The maximum absolute atomic E-state index is 13.4. The molecule has 0 saturated heterocycles. The topological polar surface area (TPSA) is 79.9 Å². The van der Waals surface area contributed by atoms with Crippen LogP contribution in [-0.2, 0) is 11.2 Å². The van der Waals surface area contributed by atoms with Gasteiger partial charge in [-0.15, -0.1) is 0 Å². The van der Waals surface area contributed by atoms with Crippen LogP contribution in [0.25, 0.3) is 0 Å². The van der Waals surface area contributed by atoms with Crippen molar-refractivity contribution in [3.8, 4) is 11.5 Å². The second-order valence-electron chi connectivity index (χ2n) is 6.66. The molecule has 7 nitrogen and oxygen atoms in total. The lowest BCUT2D eigenvalue weighted by Crippen LogP contribution is -2.43. The van der Waals surface area contributed by atoms with Crippen LogP contribution in [0, 0.1) is 5.82 Å². The number of nitrogens with one attached hydrogen (secondary N) is 2. The molecule has 146 valence electrons. The molecule has 0 spiro atoms. The molecule has 0 atom stereocenters. The molecule has 28 heavy (non-hydrogen) atoms. The molecule has 0 fully saturated rings. The maximum atomic E-state index is 13.4. The number of hydrogen-bond donors (Lipinski definition) is 2. The Bertz CT molecular complexity index is 918. The van der Waals surface area contributed by atoms with Gasteiger partial charge in [0, 0.05) is 24.0 Å². The first-order chi connectivity index (χ1) is 13.6. The fourth-order valence-corrected chi connectivity index (χ4v) is 3.43. The summed E-state index contributed by atoms with van der Waals surface area (Å²) in [6.45, 7) is 1.63. The quantitative estimate of drug-likeness (QED) is 0.849. The third-order valence-electron chi connectivity index (χ3n) is 4.64. The summed E-state index contributed by atoms with van der Waals surface area (Å²) in [5.74, 6) is 0.442. The van der Waals surface area contributed by atoms with E-state index in [1.807, 2.05) is 4.90 Å². The SMILES string of the molecule is O=C(CN1CCCc2cc(F)ccc21)NC(=O)Nc1ccc2c(c1)OCCO2. The van der Waals surface area contributed by atoms with Gasteiger partial charge in [0.1, 0.15) is 19.0 Å². The van der Waals surface area contributed by atoms with E-state index < -0.39 is 11.9 Å². The lowest BCUT2D eigenvalue weighted by atomic mass is 10.0. The normalized spacial score (nSPS) is 14.8. The van der Waals surface area contributed by atoms with E-state index in [1.165, 1.54) is 12.1 Å². The minimum Gasteiger partial charge on any atom is -0.486 e. The van der Waals surface area contributed by atoms with Gasteiger partial charge in [-0.2, -0.15) is 0 Å². The number of imide groups is 1. The van der Waals surface area contributed by atoms with Crippen molar-refractivity contribution in [3.63, 3.8) is 0 Å². The Morgan fingerprint density at radius 3 is 2.75 bits per heavy atom. The summed E-state index contributed by atoms with van der Waals surface area (Å²) < 4.78 is 24.3. The highest BCUT2D eigenvalue weighted by Gasteiger charge is 2.21. The molecule has 3 amide bonds. The number of ether oxygens (including phenoxy) is 2. The van der Waals surface area contributed by atoms with Gasteiger partial charge in [0.25, 0.3) is 0 Å². The van der Waals surface area contributed by atoms with Crippen LogP contribution in [-0.4, -0.2) is 38.2 Å². The van der Waals surface area contributed by atoms with Crippen LogP contribution < -0.4 is 25.0 Å². The minimum absolute atomic E-state index is 0.0210. The number of hydrogen-bond acceptors (Lipinski definition) is 5. The molecule has 8 heteroatoms. The third-order valence-corrected chi connectivity index (χ3v) is 4.64. The molecule has 0 radical (unpaired) electrons. The van der Waals surface area contributed by atoms with Crippen LogP contribution in [0.4, 0.5) is 20.6 Å². The number of benzene rings is 2. The summed E-state index contributed by atoms with van der Waals surface area (Å²) in [5.41, 5.74) is 2.20. The number of amides is 3. The van der Waals surface area contributed by atoms with Crippen molar-refractivity contribution < 1.29 is 23.5 Å². The van der Waals surface area contributed by atoms with Gasteiger partial charge in [0.2, 0.25) is 5.91 Å². The summed E-state index contributed by atoms with van der Waals surface area (Å²) in [6, 6.07) is 8.94. The van der Waals surface area contributed by atoms with Gasteiger partial charge in [0.05, 0.1) is 6.54 Å². The van der Waals surface area contributed by atoms with Crippen molar-refractivity contribution in [2.24, 2.45) is 0 Å². The molecule has 2 aromatic rings. The number of urea groups is 1. The number of halogens is 1. The summed E-state index contributed by atoms with van der Waals surface area (Å²) in [5, 5.41) is 4.93. The summed E-state index contributed by atoms with van der Waals surface area (Å²) >= 11 is 0. The number of nitrogens with zero attached hydrogens (tertiary/aromatic N) is 1. The molecule has 2 N–H and O–H groups in total. The third kappa shape index (κ3) is 4.00. The van der Waals surface area contributed by atoms with E-state index in [2.05, 4.69) is 10.6 Å². The molecule has 0 aliphatic carbocycles. The van der Waals surface area contributed by atoms with Crippen molar-refractivity contribution in [2.75, 3.05) is 36.5 Å². The number of anilines is 2. The number of aryl methyl sites for hydroxylation is 1. The van der Waals surface area contributed by atoms with Crippen LogP contribution >= 0.6 is 0 Å². The molecule has 2 aliphatic rings. The molecule has 4 rings (SSSR count). The Hall–Kier alpha value is -3.29. The van der Waals surface area contributed by atoms with E-state index in [-0.39, 0.29) is 12.4 Å². The molecule has 0 aromatic heterocycles. The monoisotopic (exact) mass is 385 g/mol. The maximum Gasteiger partial charge on any atom is 0.325 e. The van der Waals surface area contributed by atoms with Crippen LogP contribution in [0.3, 0.4) is 0 Å². The summed E-state index contributed by atoms with van der Waals surface area (Å²) in [7, 11) is 0. The molecule has 2 heterocycles. The van der Waals surface area contributed by atoms with Crippen molar-refractivity contribution in [2.45, 2.75) is 12.8 Å². The molecule has 2 aromatic carbocycles. The van der Waals surface area contributed by atoms with E-state index in [1.54, 1.807) is 24.3 Å². The van der Waals surface area contributed by atoms with E-state index in [4.69, 9.17) is 9.47 Å². The van der Waals surface area contributed by atoms with Crippen LogP contribution in [0.5, 0.6) is 11.5 Å². The second-order valence-corrected chi connectivity index (χ2v) is 6.66. The Labute approximate surface area is 161 Å². The zero-order valence-corrected chi connectivity index (χ0v) is 15.2. The molecular formula is C20H20FN3O4. The van der Waals surface area contributed by atoms with Crippen molar-refractivity contribution in [3.05, 3.63) is 47.8 Å². The Balaban J connectivity index is 1.35. The molecule has 0 unspecified atom stereocenters. The summed E-state index contributed by atoms with van der Waals surface area (Å²) in [6.07, 6.45) is 1.60. The summed E-state index contributed by atoms with van der Waals surface area (Å²) in [4.78, 5) is 26.3. The Kier molecular flexibility index (Phi) is 5.01. The van der Waals surface area contributed by atoms with Gasteiger partial charge >= 0.3 is 6.03 Å². The van der Waals surface area contributed by atoms with Crippen molar-refractivity contribution in [1.29, 1.82) is 0 Å². The highest BCUT2D eigenvalue weighted by molar-refractivity contribution is 6.02. The highest BCUT2D eigenvalue weighted by Crippen LogP contribution is 2.32. The average Bonchev–Trinajstić information content (AvgIpc) is 2.67. The number of fused-ring (bicyclic) bond motifs is 2. The van der Waals surface area contributed by atoms with Gasteiger partial charge in [-0.3, -0.25) is 10.1 Å². The minimum atomic E-state index is -0.627. The lowest BCUT2D eigenvalue weighted by molar-refractivity contribution is -0.118. The second kappa shape index (κ2) is 7.75. The first-order valence-electron chi connectivity index (χ1n) is 9.12. The highest BCUT2D eigenvalue weighted by atomic mass is 19.1. The van der Waals surface area contributed by atoms with E-state index in [0.717, 1.165) is 24.1 Å². The molecule has 0 saturated carbocycles. The number of carbonyl (C=O) groups is 2. The van der Waals surface area contributed by atoms with Crippen molar-refractivity contribution in [1.82, 2.24) is 5.32 Å². The van der Waals surface area contributed by atoms with Gasteiger partial charge in [-0.1, -0.05) is 0 Å². The molecule has 2 aliphatic heterocycles. The standard InChI is InChI=1S/C20H20FN3O4/c21-14-3-5-16-13(10-14)2-1-7-24(16)12-19(25)23-20(26)22-15-4-6-17-18(11-15)28-9-8-27-17/h3-6,10-11H,1-2,7-9,12H2,(H2,22,23,25,26). The van der Waals surface area contributed by atoms with Crippen LogP contribution in [0.1, 0.15) is 12.0 Å². The molecular weight excluding hydrogens is 365 g/mol. The molecule has 0 bridgehead atoms. The lowest BCUT2D eigenvalue weighted by Gasteiger charge is -2.30. The Morgan fingerprint density at radius 2 is 1.89 bits per heavy atom. The van der Waals surface area contributed by atoms with E-state index in [0.29, 0.717) is 36.9 Å². The van der Waals surface area contributed by atoms with Gasteiger partial charge in [0.15, 0.2) is 11.5 Å². The van der Waals surface area contributed by atoms with Gasteiger partial charge in [-0.05, 0) is 48.7 Å². The fraction of sp³-hybridized carbons (Fsp3) is 0.300. The first kappa shape index (κ1) is 18.1. The van der Waals surface area contributed by atoms with Crippen molar-refractivity contribution >= 4 is 23.3 Å².